The van der Waals surface area contributed by atoms with Gasteiger partial charge in [-0.25, -0.2) is 0 Å². The fourth-order valence-corrected chi connectivity index (χ4v) is 3.41. The number of amides is 1. The molecule has 0 aromatic heterocycles. The molecular formula is C16H31N3O3. The Hall–Kier alpha value is -0.690. The van der Waals surface area contributed by atoms with E-state index in [0.717, 1.165) is 52.2 Å². The first-order valence-electron chi connectivity index (χ1n) is 8.45. The lowest BCUT2D eigenvalue weighted by atomic mass is 9.90. The Morgan fingerprint density at radius 1 is 1.32 bits per heavy atom. The molecule has 6 heteroatoms. The van der Waals surface area contributed by atoms with Gasteiger partial charge in [0.2, 0.25) is 0 Å². The van der Waals surface area contributed by atoms with Crippen LogP contribution < -0.4 is 10.6 Å². The van der Waals surface area contributed by atoms with Crippen LogP contribution in [0.4, 0.5) is 0 Å². The molecule has 1 unspecified atom stereocenters. The minimum Gasteiger partial charge on any atom is -0.379 e. The number of hydrogen-bond acceptors (Lipinski definition) is 5. The van der Waals surface area contributed by atoms with E-state index in [4.69, 9.17) is 9.47 Å². The lowest BCUT2D eigenvalue weighted by Crippen LogP contribution is -2.57. The molecule has 0 aliphatic carbocycles. The third kappa shape index (κ3) is 4.19. The van der Waals surface area contributed by atoms with Gasteiger partial charge in [-0.15, -0.1) is 0 Å². The second-order valence-corrected chi connectivity index (χ2v) is 6.62. The van der Waals surface area contributed by atoms with Gasteiger partial charge < -0.3 is 20.1 Å². The predicted molar refractivity (Wildman–Crippen MR) is 85.9 cm³/mol. The van der Waals surface area contributed by atoms with E-state index in [1.165, 1.54) is 0 Å². The van der Waals surface area contributed by atoms with Gasteiger partial charge in [-0.2, -0.15) is 0 Å². The Bertz CT molecular complexity index is 351. The first kappa shape index (κ1) is 17.7. The van der Waals surface area contributed by atoms with E-state index < -0.39 is 5.60 Å². The molecule has 2 heterocycles. The van der Waals surface area contributed by atoms with Crippen molar-refractivity contribution in [1.82, 2.24) is 15.5 Å². The highest BCUT2D eigenvalue weighted by atomic mass is 16.5. The zero-order valence-electron chi connectivity index (χ0n) is 14.2. The molecule has 0 aromatic carbocycles. The third-order valence-electron chi connectivity index (χ3n) is 4.97. The van der Waals surface area contributed by atoms with E-state index in [2.05, 4.69) is 29.4 Å². The third-order valence-corrected chi connectivity index (χ3v) is 4.97. The van der Waals surface area contributed by atoms with Crippen LogP contribution >= 0.6 is 0 Å². The van der Waals surface area contributed by atoms with Crippen LogP contribution in [-0.4, -0.2) is 75.5 Å². The fourth-order valence-electron chi connectivity index (χ4n) is 3.41. The lowest BCUT2D eigenvalue weighted by Gasteiger charge is -2.39. The van der Waals surface area contributed by atoms with Gasteiger partial charge in [-0.1, -0.05) is 13.8 Å². The summed E-state index contributed by atoms with van der Waals surface area (Å²) in [6, 6.07) is 0.350. The largest absolute Gasteiger partial charge is 0.379 e. The van der Waals surface area contributed by atoms with Crippen molar-refractivity contribution in [3.05, 3.63) is 0 Å². The molecule has 1 amide bonds. The van der Waals surface area contributed by atoms with Gasteiger partial charge in [-0.3, -0.25) is 9.69 Å². The average molecular weight is 313 g/mol. The van der Waals surface area contributed by atoms with Crippen LogP contribution in [0.25, 0.3) is 0 Å². The SMILES string of the molecule is COC1(C(=O)NCC(C(C)C)N2CCOCC2)CCNCC1. The molecule has 2 saturated heterocycles. The van der Waals surface area contributed by atoms with Crippen LogP contribution in [0, 0.1) is 5.92 Å². The van der Waals surface area contributed by atoms with Crippen molar-refractivity contribution in [3.63, 3.8) is 0 Å². The van der Waals surface area contributed by atoms with Crippen molar-refractivity contribution in [2.24, 2.45) is 5.92 Å². The number of morpholine rings is 1. The second kappa shape index (κ2) is 8.24. The molecule has 128 valence electrons. The average Bonchev–Trinajstić information content (AvgIpc) is 2.56. The summed E-state index contributed by atoms with van der Waals surface area (Å²) in [7, 11) is 1.65. The molecule has 6 nitrogen and oxygen atoms in total. The molecular weight excluding hydrogens is 282 g/mol. The molecule has 2 aliphatic heterocycles. The minimum atomic E-state index is -0.655. The zero-order chi connectivity index (χ0) is 16.0. The van der Waals surface area contributed by atoms with Gasteiger partial charge in [0.05, 0.1) is 13.2 Å². The highest BCUT2D eigenvalue weighted by molar-refractivity contribution is 5.85. The Morgan fingerprint density at radius 2 is 1.95 bits per heavy atom. The standard InChI is InChI=1S/C16H31N3O3/c1-13(2)14(19-8-10-22-11-9-19)12-18-15(20)16(21-3)4-6-17-7-5-16/h13-14,17H,4-12H2,1-3H3,(H,18,20). The second-order valence-electron chi connectivity index (χ2n) is 6.62. The molecule has 1 atom stereocenters. The van der Waals surface area contributed by atoms with Crippen LogP contribution in [0.2, 0.25) is 0 Å². The topological polar surface area (TPSA) is 62.8 Å². The Morgan fingerprint density at radius 3 is 2.50 bits per heavy atom. The number of carbonyl (C=O) groups excluding carboxylic acids is 1. The Balaban J connectivity index is 1.91. The van der Waals surface area contributed by atoms with Crippen molar-refractivity contribution < 1.29 is 14.3 Å². The molecule has 0 saturated carbocycles. The van der Waals surface area contributed by atoms with E-state index in [-0.39, 0.29) is 5.91 Å². The maximum absolute atomic E-state index is 12.7. The number of rotatable bonds is 6. The van der Waals surface area contributed by atoms with Crippen molar-refractivity contribution >= 4 is 5.91 Å². The normalized spacial score (nSPS) is 24.2. The molecule has 0 radical (unpaired) electrons. The summed E-state index contributed by atoms with van der Waals surface area (Å²) in [6.07, 6.45) is 1.47. The van der Waals surface area contributed by atoms with Gasteiger partial charge in [0, 0.05) is 32.8 Å². The summed E-state index contributed by atoms with van der Waals surface area (Å²) in [5.74, 6) is 0.528. The van der Waals surface area contributed by atoms with Crippen molar-refractivity contribution in [2.45, 2.75) is 38.3 Å². The monoisotopic (exact) mass is 313 g/mol. The molecule has 0 spiro atoms. The molecule has 0 bridgehead atoms. The number of nitrogens with zero attached hydrogens (tertiary/aromatic N) is 1. The number of piperidine rings is 1. The first-order chi connectivity index (χ1) is 10.6. The van der Waals surface area contributed by atoms with Gasteiger partial charge >= 0.3 is 0 Å². The maximum atomic E-state index is 12.7. The number of methoxy groups -OCH3 is 1. The highest BCUT2D eigenvalue weighted by Crippen LogP contribution is 2.23. The van der Waals surface area contributed by atoms with Crippen LogP contribution in [0.5, 0.6) is 0 Å². The van der Waals surface area contributed by atoms with Gasteiger partial charge in [0.1, 0.15) is 5.60 Å². The number of nitrogens with one attached hydrogen (secondary N) is 2. The van der Waals surface area contributed by atoms with Gasteiger partial charge in [-0.05, 0) is 31.8 Å². The minimum absolute atomic E-state index is 0.0374. The van der Waals surface area contributed by atoms with E-state index in [1.807, 2.05) is 0 Å². The fraction of sp³-hybridized carbons (Fsp3) is 0.938. The van der Waals surface area contributed by atoms with Crippen LogP contribution in [0.1, 0.15) is 26.7 Å². The smallest absolute Gasteiger partial charge is 0.252 e. The lowest BCUT2D eigenvalue weighted by molar-refractivity contribution is -0.147. The zero-order valence-corrected chi connectivity index (χ0v) is 14.2. The van der Waals surface area contributed by atoms with Crippen molar-refractivity contribution in [1.29, 1.82) is 0 Å². The van der Waals surface area contributed by atoms with Gasteiger partial charge in [0.15, 0.2) is 0 Å². The van der Waals surface area contributed by atoms with Crippen LogP contribution in [0.15, 0.2) is 0 Å². The molecule has 2 fully saturated rings. The number of ether oxygens (including phenoxy) is 2. The summed E-state index contributed by atoms with van der Waals surface area (Å²) in [4.78, 5) is 15.1. The predicted octanol–water partition coefficient (Wildman–Crippen LogP) is 0.228. The summed E-state index contributed by atoms with van der Waals surface area (Å²) in [5, 5.41) is 6.43. The summed E-state index contributed by atoms with van der Waals surface area (Å²) >= 11 is 0. The Kier molecular flexibility index (Phi) is 6.62. The van der Waals surface area contributed by atoms with E-state index >= 15 is 0 Å². The van der Waals surface area contributed by atoms with E-state index in [0.29, 0.717) is 18.5 Å². The quantitative estimate of drug-likeness (QED) is 0.735. The molecule has 2 aliphatic rings. The molecule has 2 N–H and O–H groups in total. The van der Waals surface area contributed by atoms with Crippen LogP contribution in [-0.2, 0) is 14.3 Å². The summed E-state index contributed by atoms with van der Waals surface area (Å²) in [5.41, 5.74) is -0.655. The Labute approximate surface area is 133 Å². The highest BCUT2D eigenvalue weighted by Gasteiger charge is 2.40. The van der Waals surface area contributed by atoms with E-state index in [9.17, 15) is 4.79 Å². The number of hydrogen-bond donors (Lipinski definition) is 2. The first-order valence-corrected chi connectivity index (χ1v) is 8.45. The summed E-state index contributed by atoms with van der Waals surface area (Å²) in [6.45, 7) is 10.2. The van der Waals surface area contributed by atoms with Gasteiger partial charge in [0.25, 0.3) is 5.91 Å². The van der Waals surface area contributed by atoms with E-state index in [1.54, 1.807) is 7.11 Å². The van der Waals surface area contributed by atoms with Crippen molar-refractivity contribution in [3.8, 4) is 0 Å². The summed E-state index contributed by atoms with van der Waals surface area (Å²) < 4.78 is 11.0. The molecule has 2 rings (SSSR count). The van der Waals surface area contributed by atoms with Crippen LogP contribution in [0.3, 0.4) is 0 Å². The van der Waals surface area contributed by atoms with Crippen molar-refractivity contribution in [2.75, 3.05) is 53.0 Å². The number of carbonyl (C=O) groups is 1. The maximum Gasteiger partial charge on any atom is 0.252 e. The molecule has 0 aromatic rings. The molecule has 22 heavy (non-hydrogen) atoms.